The Kier molecular flexibility index (Phi) is 6.99. The number of carbonyl (C=O) groups is 1. The van der Waals surface area contributed by atoms with Crippen LogP contribution in [0.25, 0.3) is 0 Å². The van der Waals surface area contributed by atoms with E-state index < -0.39 is 28.4 Å². The molecule has 1 aromatic heterocycles. The molecule has 1 aliphatic rings. The lowest BCUT2D eigenvalue weighted by atomic mass is 9.99. The van der Waals surface area contributed by atoms with Crippen LogP contribution in [0, 0.1) is 22.2 Å². The Bertz CT molecular complexity index is 1190. The first-order valence-electron chi connectivity index (χ1n) is 10.7. The fourth-order valence-electron chi connectivity index (χ4n) is 4.14. The van der Waals surface area contributed by atoms with Gasteiger partial charge >= 0.3 is 0 Å². The molecule has 0 saturated heterocycles. The van der Waals surface area contributed by atoms with E-state index in [9.17, 15) is 18.0 Å². The van der Waals surface area contributed by atoms with Crippen molar-refractivity contribution >= 4 is 22.5 Å². The van der Waals surface area contributed by atoms with E-state index in [2.05, 4.69) is 10.0 Å². The van der Waals surface area contributed by atoms with Crippen LogP contribution in [-0.4, -0.2) is 16.5 Å². The van der Waals surface area contributed by atoms with E-state index in [1.165, 1.54) is 18.2 Å². The maximum atomic E-state index is 13.5. The predicted octanol–water partition coefficient (Wildman–Crippen LogP) is 5.28. The molecule has 0 fully saturated rings. The van der Waals surface area contributed by atoms with Gasteiger partial charge in [-0.25, -0.2) is 17.9 Å². The minimum Gasteiger partial charge on any atom is -0.345 e. The Morgan fingerprint density at radius 1 is 1.18 bits per heavy atom. The van der Waals surface area contributed by atoms with Crippen LogP contribution in [-0.2, 0) is 30.8 Å². The Morgan fingerprint density at radius 2 is 1.94 bits per heavy atom. The van der Waals surface area contributed by atoms with Crippen molar-refractivity contribution in [2.24, 2.45) is 7.05 Å². The molecule has 1 amide bonds. The van der Waals surface area contributed by atoms with E-state index in [0.29, 0.717) is 12.1 Å². The third-order valence-corrected chi connectivity index (χ3v) is 7.18. The number of amides is 1. The van der Waals surface area contributed by atoms with Gasteiger partial charge in [0.1, 0.15) is 11.5 Å². The van der Waals surface area contributed by atoms with Crippen molar-refractivity contribution in [1.29, 1.82) is 4.78 Å². The second-order valence-electron chi connectivity index (χ2n) is 8.19. The summed E-state index contributed by atoms with van der Waals surface area (Å²) >= 11 is 0. The number of aromatic nitrogens is 1. The zero-order valence-electron chi connectivity index (χ0n) is 18.1. The van der Waals surface area contributed by atoms with E-state index in [-0.39, 0.29) is 17.5 Å². The normalized spacial score (nSPS) is 17.9. The summed E-state index contributed by atoms with van der Waals surface area (Å²) in [6, 6.07) is 9.86. The highest BCUT2D eigenvalue weighted by Gasteiger charge is 2.27. The summed E-state index contributed by atoms with van der Waals surface area (Å²) in [5.74, 6) is -2.67. The van der Waals surface area contributed by atoms with Crippen LogP contribution in [0.4, 0.5) is 18.9 Å². The van der Waals surface area contributed by atoms with E-state index in [0.717, 1.165) is 53.8 Å². The van der Waals surface area contributed by atoms with Gasteiger partial charge in [-0.05, 0) is 78.4 Å². The molecule has 5 nitrogen and oxygen atoms in total. The van der Waals surface area contributed by atoms with Crippen molar-refractivity contribution in [1.82, 2.24) is 9.29 Å². The second-order valence-corrected chi connectivity index (χ2v) is 9.48. The van der Waals surface area contributed by atoms with E-state index in [1.54, 1.807) is 29.9 Å². The smallest absolute Gasteiger partial charge is 0.272 e. The molecule has 0 radical (unpaired) electrons. The van der Waals surface area contributed by atoms with Crippen molar-refractivity contribution in [2.45, 2.75) is 43.0 Å². The molecule has 3 aromatic rings. The Hall–Kier alpha value is -2.91. The first kappa shape index (κ1) is 23.3. The SMILES string of the molecule is Cn1cc2c(c1C(=O)Nc1ccc(F)c(F)c1)CCC(CCCc1ccc(F)cc1)NS2=N. The molecule has 2 aromatic carbocycles. The van der Waals surface area contributed by atoms with Crippen molar-refractivity contribution in [3.05, 3.63) is 82.9 Å². The van der Waals surface area contributed by atoms with Crippen molar-refractivity contribution in [3.63, 3.8) is 0 Å². The molecule has 3 N–H and O–H groups in total. The molecule has 2 unspecified atom stereocenters. The highest BCUT2D eigenvalue weighted by Crippen LogP contribution is 2.28. The van der Waals surface area contributed by atoms with Gasteiger partial charge in [-0.2, -0.15) is 0 Å². The fraction of sp³-hybridized carbons (Fsp3) is 0.292. The Morgan fingerprint density at radius 3 is 2.67 bits per heavy atom. The minimum absolute atomic E-state index is 0.131. The first-order valence-corrected chi connectivity index (χ1v) is 11.9. The molecule has 1 aliphatic heterocycles. The van der Waals surface area contributed by atoms with Gasteiger partial charge in [0.25, 0.3) is 5.91 Å². The molecular formula is C24H25F3N4OS. The number of fused-ring (bicyclic) bond motifs is 1. The number of rotatable bonds is 6. The van der Waals surface area contributed by atoms with Crippen LogP contribution in [0.2, 0.25) is 0 Å². The molecule has 0 saturated carbocycles. The molecule has 2 atom stereocenters. The maximum Gasteiger partial charge on any atom is 0.272 e. The van der Waals surface area contributed by atoms with Gasteiger partial charge in [0.05, 0.1) is 4.90 Å². The Labute approximate surface area is 193 Å². The summed E-state index contributed by atoms with van der Waals surface area (Å²) in [5.41, 5.74) is 2.48. The number of nitrogens with one attached hydrogen (secondary N) is 3. The molecular weight excluding hydrogens is 449 g/mol. The van der Waals surface area contributed by atoms with Crippen molar-refractivity contribution < 1.29 is 18.0 Å². The molecule has 0 spiro atoms. The molecule has 2 heterocycles. The topological polar surface area (TPSA) is 69.9 Å². The van der Waals surface area contributed by atoms with Crippen LogP contribution in [0.15, 0.2) is 53.6 Å². The average molecular weight is 475 g/mol. The van der Waals surface area contributed by atoms with Crippen LogP contribution in [0.1, 0.15) is 40.9 Å². The van der Waals surface area contributed by atoms with E-state index >= 15 is 0 Å². The van der Waals surface area contributed by atoms with E-state index in [1.807, 2.05) is 0 Å². The quantitative estimate of drug-likeness (QED) is 0.455. The number of hydrogen-bond acceptors (Lipinski definition) is 2. The average Bonchev–Trinajstić information content (AvgIpc) is 3.04. The number of benzene rings is 2. The van der Waals surface area contributed by atoms with Crippen molar-refractivity contribution in [2.75, 3.05) is 5.32 Å². The molecule has 0 aliphatic carbocycles. The Balaban J connectivity index is 1.43. The minimum atomic E-state index is -1.03. The molecule has 33 heavy (non-hydrogen) atoms. The summed E-state index contributed by atoms with van der Waals surface area (Å²) in [7, 11) is 0.759. The van der Waals surface area contributed by atoms with Crippen LogP contribution in [0.5, 0.6) is 0 Å². The first-order chi connectivity index (χ1) is 15.8. The summed E-state index contributed by atoms with van der Waals surface area (Å²) in [6.07, 6.45) is 5.80. The zero-order valence-corrected chi connectivity index (χ0v) is 18.9. The predicted molar refractivity (Wildman–Crippen MR) is 123 cm³/mol. The van der Waals surface area contributed by atoms with E-state index in [4.69, 9.17) is 4.78 Å². The number of hydrogen-bond donors (Lipinski definition) is 3. The molecule has 0 bridgehead atoms. The summed E-state index contributed by atoms with van der Waals surface area (Å²) < 4.78 is 53.4. The highest BCUT2D eigenvalue weighted by molar-refractivity contribution is 7.84. The number of halogens is 3. The fourth-order valence-corrected chi connectivity index (χ4v) is 5.55. The lowest BCUT2D eigenvalue weighted by molar-refractivity contribution is 0.101. The molecule has 9 heteroatoms. The lowest BCUT2D eigenvalue weighted by Crippen LogP contribution is -2.29. The van der Waals surface area contributed by atoms with Crippen molar-refractivity contribution in [3.8, 4) is 0 Å². The zero-order chi connectivity index (χ0) is 23.5. The largest absolute Gasteiger partial charge is 0.345 e. The molecule has 4 rings (SSSR count). The van der Waals surface area contributed by atoms with Gasteiger partial charge in [-0.3, -0.25) is 9.57 Å². The monoisotopic (exact) mass is 474 g/mol. The molecule has 174 valence electrons. The summed E-state index contributed by atoms with van der Waals surface area (Å²) in [5, 5.41) is 2.63. The highest BCUT2D eigenvalue weighted by atomic mass is 32.2. The third kappa shape index (κ3) is 5.36. The van der Waals surface area contributed by atoms with Crippen LogP contribution >= 0.6 is 0 Å². The lowest BCUT2D eigenvalue weighted by Gasteiger charge is -2.16. The third-order valence-electron chi connectivity index (χ3n) is 5.82. The number of nitrogens with zero attached hydrogens (tertiary/aromatic N) is 1. The van der Waals surface area contributed by atoms with Gasteiger partial charge in [0.15, 0.2) is 11.6 Å². The summed E-state index contributed by atoms with van der Waals surface area (Å²) in [6.45, 7) is 0. The van der Waals surface area contributed by atoms with Gasteiger partial charge in [-0.15, -0.1) is 0 Å². The standard InChI is InChI=1S/C24H25F3N4OS/c1-31-14-22-19(23(31)24(32)29-18-10-12-20(26)21(27)13-18)11-9-17(30-33(22)28)4-2-3-15-5-7-16(25)8-6-15/h5-8,10,12-14,17H,2-4,9,11H2,1H3,(H2,28,30)(H,29,32). The number of aryl methyl sites for hydroxylation is 2. The second kappa shape index (κ2) is 9.93. The van der Waals surface area contributed by atoms with Crippen LogP contribution < -0.4 is 10.0 Å². The van der Waals surface area contributed by atoms with Gasteiger partial charge < -0.3 is 9.88 Å². The van der Waals surface area contributed by atoms with Gasteiger partial charge in [0.2, 0.25) is 0 Å². The number of anilines is 1. The maximum absolute atomic E-state index is 13.5. The van der Waals surface area contributed by atoms with Gasteiger partial charge in [-0.1, -0.05) is 12.1 Å². The summed E-state index contributed by atoms with van der Waals surface area (Å²) in [4.78, 5) is 13.7. The number of carbonyl (C=O) groups excluding carboxylic acids is 1. The van der Waals surface area contributed by atoms with Gasteiger partial charge in [0, 0.05) is 31.0 Å². The van der Waals surface area contributed by atoms with Crippen LogP contribution in [0.3, 0.4) is 0 Å².